The minimum absolute atomic E-state index is 0.0425. The lowest BCUT2D eigenvalue weighted by molar-refractivity contribution is 0.354. The monoisotopic (exact) mass is 336 g/mol. The number of hydrogen-bond donors (Lipinski definition) is 0. The van der Waals surface area contributed by atoms with Crippen LogP contribution in [0, 0.1) is 5.92 Å². The summed E-state index contributed by atoms with van der Waals surface area (Å²) in [5, 5.41) is 0. The number of alkyl halides is 1. The Labute approximate surface area is 127 Å². The quantitative estimate of drug-likeness (QED) is 0.764. The van der Waals surface area contributed by atoms with Crippen molar-refractivity contribution in [3.8, 4) is 0 Å². The third kappa shape index (κ3) is 2.24. The molecule has 0 N–H and O–H groups in total. The zero-order valence-corrected chi connectivity index (χ0v) is 13.7. The van der Waals surface area contributed by atoms with E-state index >= 15 is 0 Å². The summed E-state index contributed by atoms with van der Waals surface area (Å²) >= 11 is 3.89. The number of imidazole rings is 1. The molecule has 2 aromatic rings. The molecule has 0 radical (unpaired) electrons. The first kappa shape index (κ1) is 13.9. The summed E-state index contributed by atoms with van der Waals surface area (Å²) < 4.78 is 3.45. The Morgan fingerprint density at radius 3 is 2.45 bits per heavy atom. The van der Waals surface area contributed by atoms with E-state index in [-0.39, 0.29) is 5.69 Å². The molecule has 1 atom stereocenters. The molecule has 1 aromatic carbocycles. The Bertz CT molecular complexity index is 680. The highest BCUT2D eigenvalue weighted by Gasteiger charge is 2.23. The van der Waals surface area contributed by atoms with E-state index in [1.807, 2.05) is 14.1 Å². The molecule has 1 aromatic heterocycles. The zero-order chi connectivity index (χ0) is 14.3. The second kappa shape index (κ2) is 5.40. The van der Waals surface area contributed by atoms with Gasteiger partial charge in [0, 0.05) is 18.9 Å². The Hall–Kier alpha value is -1.03. The molecule has 0 amide bonds. The van der Waals surface area contributed by atoms with E-state index in [4.69, 9.17) is 0 Å². The fraction of sp³-hybridized carbons (Fsp3) is 0.562. The van der Waals surface area contributed by atoms with E-state index in [1.165, 1.54) is 37.7 Å². The van der Waals surface area contributed by atoms with Crippen molar-refractivity contribution in [3.05, 3.63) is 34.2 Å². The van der Waals surface area contributed by atoms with Crippen molar-refractivity contribution in [3.63, 3.8) is 0 Å². The van der Waals surface area contributed by atoms with Crippen molar-refractivity contribution >= 4 is 27.0 Å². The second-order valence-corrected chi connectivity index (χ2v) is 6.94. The van der Waals surface area contributed by atoms with Gasteiger partial charge in [0.05, 0.1) is 11.0 Å². The van der Waals surface area contributed by atoms with E-state index in [2.05, 4.69) is 34.1 Å². The number of rotatable bonds is 2. The maximum atomic E-state index is 12.0. The van der Waals surface area contributed by atoms with Crippen LogP contribution in [0.5, 0.6) is 0 Å². The molecule has 0 saturated heterocycles. The van der Waals surface area contributed by atoms with Crippen LogP contribution < -0.4 is 5.69 Å². The Morgan fingerprint density at radius 2 is 1.75 bits per heavy atom. The molecule has 1 fully saturated rings. The number of fused-ring (bicyclic) bond motifs is 1. The van der Waals surface area contributed by atoms with Crippen molar-refractivity contribution < 1.29 is 0 Å². The maximum Gasteiger partial charge on any atom is 0.328 e. The third-order valence-corrected chi connectivity index (χ3v) is 5.95. The van der Waals surface area contributed by atoms with Gasteiger partial charge in [0.25, 0.3) is 0 Å². The highest BCUT2D eigenvalue weighted by molar-refractivity contribution is 9.09. The van der Waals surface area contributed by atoms with Crippen LogP contribution in [0.3, 0.4) is 0 Å². The molecule has 0 spiro atoms. The molecule has 1 saturated carbocycles. The number of halogens is 1. The fourth-order valence-corrected chi connectivity index (χ4v) is 4.21. The van der Waals surface area contributed by atoms with Gasteiger partial charge in [0.2, 0.25) is 0 Å². The number of benzene rings is 1. The molecule has 0 bridgehead atoms. The van der Waals surface area contributed by atoms with E-state index in [9.17, 15) is 4.79 Å². The molecular formula is C16H21BrN2O. The summed E-state index contributed by atoms with van der Waals surface area (Å²) in [6.45, 7) is 0. The summed E-state index contributed by atoms with van der Waals surface area (Å²) in [5.74, 6) is 0.724. The molecule has 0 aliphatic heterocycles. The zero-order valence-electron chi connectivity index (χ0n) is 12.1. The fourth-order valence-electron chi connectivity index (χ4n) is 3.39. The van der Waals surface area contributed by atoms with Crippen molar-refractivity contribution in [2.45, 2.75) is 36.9 Å². The molecule has 4 heteroatoms. The first-order valence-corrected chi connectivity index (χ1v) is 8.30. The summed E-state index contributed by atoms with van der Waals surface area (Å²) in [5.41, 5.74) is 3.37. The van der Waals surface area contributed by atoms with E-state index in [0.717, 1.165) is 17.0 Å². The van der Waals surface area contributed by atoms with Gasteiger partial charge in [-0.1, -0.05) is 41.3 Å². The standard InChI is InChI=1S/C16H21BrN2O/c1-18-13-9-8-12(10-14(13)19(2)16(18)20)15(17)11-6-4-3-5-7-11/h8-11,15H,3-7H2,1-2H3. The molecule has 3 nitrogen and oxygen atoms in total. The van der Waals surface area contributed by atoms with E-state index in [1.54, 1.807) is 9.13 Å². The van der Waals surface area contributed by atoms with Crippen LogP contribution in [0.15, 0.2) is 23.0 Å². The van der Waals surface area contributed by atoms with Gasteiger partial charge in [0.1, 0.15) is 0 Å². The lowest BCUT2D eigenvalue weighted by Crippen LogP contribution is -2.19. The summed E-state index contributed by atoms with van der Waals surface area (Å²) in [6, 6.07) is 6.41. The average Bonchev–Trinajstić information content (AvgIpc) is 2.72. The highest BCUT2D eigenvalue weighted by Crippen LogP contribution is 2.40. The van der Waals surface area contributed by atoms with Crippen LogP contribution in [-0.4, -0.2) is 9.13 Å². The predicted octanol–water partition coefficient (Wildman–Crippen LogP) is 3.89. The van der Waals surface area contributed by atoms with Gasteiger partial charge in [0.15, 0.2) is 0 Å². The van der Waals surface area contributed by atoms with Crippen molar-refractivity contribution in [1.82, 2.24) is 9.13 Å². The van der Waals surface area contributed by atoms with Crippen LogP contribution in [0.25, 0.3) is 11.0 Å². The van der Waals surface area contributed by atoms with Crippen molar-refractivity contribution in [2.75, 3.05) is 0 Å². The number of aryl methyl sites for hydroxylation is 2. The Balaban J connectivity index is 2.00. The lowest BCUT2D eigenvalue weighted by Gasteiger charge is -2.26. The van der Waals surface area contributed by atoms with Crippen LogP contribution >= 0.6 is 15.9 Å². The molecule has 1 aliphatic carbocycles. The SMILES string of the molecule is Cn1c(=O)n(C)c2cc(C(Br)C3CCCCC3)ccc21. The van der Waals surface area contributed by atoms with Gasteiger partial charge in [-0.05, 0) is 36.5 Å². The molecule has 1 aliphatic rings. The Morgan fingerprint density at radius 1 is 1.10 bits per heavy atom. The van der Waals surface area contributed by atoms with Crippen LogP contribution in [-0.2, 0) is 14.1 Å². The van der Waals surface area contributed by atoms with Gasteiger partial charge in [-0.15, -0.1) is 0 Å². The number of nitrogens with zero attached hydrogens (tertiary/aromatic N) is 2. The van der Waals surface area contributed by atoms with Gasteiger partial charge in [-0.2, -0.15) is 0 Å². The summed E-state index contributed by atoms with van der Waals surface area (Å²) in [6.07, 6.45) is 6.68. The van der Waals surface area contributed by atoms with Gasteiger partial charge < -0.3 is 0 Å². The van der Waals surface area contributed by atoms with Crippen molar-refractivity contribution in [1.29, 1.82) is 0 Å². The van der Waals surface area contributed by atoms with Crippen LogP contribution in [0.4, 0.5) is 0 Å². The summed E-state index contributed by atoms with van der Waals surface area (Å²) in [7, 11) is 3.68. The topological polar surface area (TPSA) is 26.9 Å². The molecule has 20 heavy (non-hydrogen) atoms. The van der Waals surface area contributed by atoms with Gasteiger partial charge in [-0.25, -0.2) is 4.79 Å². The second-order valence-electron chi connectivity index (χ2n) is 5.95. The van der Waals surface area contributed by atoms with E-state index in [0.29, 0.717) is 4.83 Å². The Kier molecular flexibility index (Phi) is 3.76. The highest BCUT2D eigenvalue weighted by atomic mass is 79.9. The molecule has 1 unspecified atom stereocenters. The first-order chi connectivity index (χ1) is 9.59. The van der Waals surface area contributed by atoms with Crippen LogP contribution in [0.2, 0.25) is 0 Å². The lowest BCUT2D eigenvalue weighted by atomic mass is 9.85. The smallest absolute Gasteiger partial charge is 0.295 e. The first-order valence-electron chi connectivity index (χ1n) is 7.39. The van der Waals surface area contributed by atoms with Gasteiger partial charge in [-0.3, -0.25) is 9.13 Å². The normalized spacial score (nSPS) is 18.6. The summed E-state index contributed by atoms with van der Waals surface area (Å²) in [4.78, 5) is 12.4. The largest absolute Gasteiger partial charge is 0.328 e. The molecule has 1 heterocycles. The average molecular weight is 337 g/mol. The van der Waals surface area contributed by atoms with Crippen LogP contribution in [0.1, 0.15) is 42.5 Å². The minimum Gasteiger partial charge on any atom is -0.295 e. The maximum absolute atomic E-state index is 12.0. The van der Waals surface area contributed by atoms with Crippen molar-refractivity contribution in [2.24, 2.45) is 20.0 Å². The van der Waals surface area contributed by atoms with E-state index < -0.39 is 0 Å². The molecular weight excluding hydrogens is 316 g/mol. The minimum atomic E-state index is 0.0425. The number of aromatic nitrogens is 2. The molecule has 108 valence electrons. The number of hydrogen-bond acceptors (Lipinski definition) is 1. The molecule has 3 rings (SSSR count). The van der Waals surface area contributed by atoms with Gasteiger partial charge >= 0.3 is 5.69 Å². The third-order valence-electron chi connectivity index (χ3n) is 4.68. The predicted molar refractivity (Wildman–Crippen MR) is 86.4 cm³/mol.